The molecule has 4 nitrogen and oxygen atoms in total. The molecule has 0 spiro atoms. The zero-order chi connectivity index (χ0) is 15.4. The Kier molecular flexibility index (Phi) is 4.47. The van der Waals surface area contributed by atoms with Gasteiger partial charge in [-0.05, 0) is 18.1 Å². The van der Waals surface area contributed by atoms with Crippen molar-refractivity contribution < 1.29 is 13.7 Å². The lowest BCUT2D eigenvalue weighted by Gasteiger charge is -2.11. The van der Waals surface area contributed by atoms with Crippen LogP contribution >= 0.6 is 0 Å². The number of benzene rings is 2. The maximum Gasteiger partial charge on any atom is 0.305 e. The van der Waals surface area contributed by atoms with E-state index in [0.717, 1.165) is 23.7 Å². The molecular weight excluding hydrogens is 278 g/mol. The number of hydrogen-bond acceptors (Lipinski definition) is 3. The molecule has 2 aromatic carbocycles. The molecule has 1 N–H and O–H groups in total. The lowest BCUT2D eigenvalue weighted by Crippen LogP contribution is -2.05. The van der Waals surface area contributed by atoms with Crippen LogP contribution in [0.3, 0.4) is 0 Å². The first-order chi connectivity index (χ1) is 10.0. The van der Waals surface area contributed by atoms with Crippen molar-refractivity contribution in [3.8, 4) is 0 Å². The minimum atomic E-state index is -1.17. The van der Waals surface area contributed by atoms with E-state index in [0.29, 0.717) is 6.07 Å². The molecule has 0 aliphatic heterocycles. The summed E-state index contributed by atoms with van der Waals surface area (Å²) in [5.74, 6) is -1.98. The van der Waals surface area contributed by atoms with Gasteiger partial charge in [-0.1, -0.05) is 25.1 Å². The van der Waals surface area contributed by atoms with E-state index in [-0.39, 0.29) is 12.1 Å². The summed E-state index contributed by atoms with van der Waals surface area (Å²) in [7, 11) is 0. The van der Waals surface area contributed by atoms with Gasteiger partial charge in [0.2, 0.25) is 5.82 Å². The number of para-hydroxylation sites is 1. The van der Waals surface area contributed by atoms with Crippen molar-refractivity contribution in [2.45, 2.75) is 19.9 Å². The van der Waals surface area contributed by atoms with Crippen LogP contribution in [0.4, 0.5) is 20.2 Å². The van der Waals surface area contributed by atoms with Crippen LogP contribution in [0.5, 0.6) is 0 Å². The van der Waals surface area contributed by atoms with Crippen LogP contribution in [0.25, 0.3) is 0 Å². The first kappa shape index (κ1) is 14.9. The Hall–Kier alpha value is -2.50. The van der Waals surface area contributed by atoms with Crippen LogP contribution in [0.2, 0.25) is 0 Å². The molecular formula is C15H14F2N2O2. The third-order valence-electron chi connectivity index (χ3n) is 3.18. The Labute approximate surface area is 120 Å². The molecule has 0 saturated heterocycles. The summed E-state index contributed by atoms with van der Waals surface area (Å²) < 4.78 is 26.9. The average molecular weight is 292 g/mol. The molecule has 2 rings (SSSR count). The topological polar surface area (TPSA) is 55.2 Å². The minimum Gasteiger partial charge on any atom is -0.381 e. The van der Waals surface area contributed by atoms with Crippen LogP contribution in [0, 0.1) is 21.7 Å². The number of nitrogens with one attached hydrogen (secondary N) is 1. The highest BCUT2D eigenvalue weighted by atomic mass is 19.1. The largest absolute Gasteiger partial charge is 0.381 e. The number of rotatable bonds is 5. The third kappa shape index (κ3) is 3.34. The van der Waals surface area contributed by atoms with E-state index >= 15 is 0 Å². The Morgan fingerprint density at radius 1 is 1.14 bits per heavy atom. The first-order valence-corrected chi connectivity index (χ1v) is 6.47. The Morgan fingerprint density at radius 3 is 2.52 bits per heavy atom. The fourth-order valence-electron chi connectivity index (χ4n) is 2.05. The van der Waals surface area contributed by atoms with Crippen LogP contribution < -0.4 is 5.32 Å². The quantitative estimate of drug-likeness (QED) is 0.668. The molecule has 0 unspecified atom stereocenters. The van der Waals surface area contributed by atoms with Gasteiger partial charge in [0.1, 0.15) is 5.82 Å². The summed E-state index contributed by atoms with van der Waals surface area (Å²) in [6.07, 6.45) is 0.801. The molecule has 0 aliphatic carbocycles. The van der Waals surface area contributed by atoms with Gasteiger partial charge in [-0.15, -0.1) is 0 Å². The number of nitro groups is 1. The van der Waals surface area contributed by atoms with E-state index in [9.17, 15) is 18.9 Å². The fourth-order valence-corrected chi connectivity index (χ4v) is 2.05. The zero-order valence-corrected chi connectivity index (χ0v) is 11.4. The molecule has 0 aromatic heterocycles. The van der Waals surface area contributed by atoms with Crippen molar-refractivity contribution in [2.75, 3.05) is 5.32 Å². The van der Waals surface area contributed by atoms with Crippen LogP contribution in [-0.4, -0.2) is 4.92 Å². The summed E-state index contributed by atoms with van der Waals surface area (Å²) in [4.78, 5) is 9.82. The second-order valence-electron chi connectivity index (χ2n) is 4.52. The predicted molar refractivity (Wildman–Crippen MR) is 76.2 cm³/mol. The van der Waals surface area contributed by atoms with E-state index in [4.69, 9.17) is 0 Å². The van der Waals surface area contributed by atoms with Gasteiger partial charge >= 0.3 is 5.69 Å². The van der Waals surface area contributed by atoms with Gasteiger partial charge in [0.15, 0.2) is 0 Å². The molecule has 0 fully saturated rings. The third-order valence-corrected chi connectivity index (χ3v) is 3.18. The molecule has 0 amide bonds. The Balaban J connectivity index is 2.24. The van der Waals surface area contributed by atoms with Gasteiger partial charge in [-0.3, -0.25) is 10.1 Å². The van der Waals surface area contributed by atoms with Crippen molar-refractivity contribution in [3.63, 3.8) is 0 Å². The summed E-state index contributed by atoms with van der Waals surface area (Å²) in [6.45, 7) is 2.04. The zero-order valence-electron chi connectivity index (χ0n) is 11.4. The second-order valence-corrected chi connectivity index (χ2v) is 4.52. The number of aryl methyl sites for hydroxylation is 1. The van der Waals surface area contributed by atoms with Gasteiger partial charge in [0.05, 0.1) is 4.92 Å². The monoisotopic (exact) mass is 292 g/mol. The lowest BCUT2D eigenvalue weighted by atomic mass is 10.1. The summed E-state index contributed by atoms with van der Waals surface area (Å²) in [5.41, 5.74) is 1.20. The highest BCUT2D eigenvalue weighted by Crippen LogP contribution is 2.23. The smallest absolute Gasteiger partial charge is 0.305 e. The van der Waals surface area contributed by atoms with Crippen molar-refractivity contribution in [1.29, 1.82) is 0 Å². The lowest BCUT2D eigenvalue weighted by molar-refractivity contribution is -0.387. The van der Waals surface area contributed by atoms with Crippen LogP contribution in [0.1, 0.15) is 18.1 Å². The van der Waals surface area contributed by atoms with Gasteiger partial charge in [0.25, 0.3) is 0 Å². The van der Waals surface area contributed by atoms with E-state index in [1.807, 2.05) is 31.2 Å². The van der Waals surface area contributed by atoms with Gasteiger partial charge in [-0.25, -0.2) is 4.39 Å². The van der Waals surface area contributed by atoms with E-state index < -0.39 is 22.2 Å². The Morgan fingerprint density at radius 2 is 1.86 bits per heavy atom. The number of nitrogens with zero attached hydrogens (tertiary/aromatic N) is 1. The summed E-state index contributed by atoms with van der Waals surface area (Å²) in [6, 6.07) is 8.98. The van der Waals surface area contributed by atoms with Gasteiger partial charge in [-0.2, -0.15) is 4.39 Å². The molecule has 0 atom stereocenters. The standard InChI is InChI=1S/C15H14F2N2O2/c1-2-10-5-3-4-6-14(10)18-9-11-7-15(19(20)21)13(17)8-12(11)16/h3-8,18H,2,9H2,1H3. The first-order valence-electron chi connectivity index (χ1n) is 6.47. The van der Waals surface area contributed by atoms with Gasteiger partial charge in [0, 0.05) is 29.9 Å². The maximum absolute atomic E-state index is 13.7. The molecule has 110 valence electrons. The highest BCUT2D eigenvalue weighted by molar-refractivity contribution is 5.51. The number of nitro benzene ring substituents is 1. The fraction of sp³-hybridized carbons (Fsp3) is 0.200. The van der Waals surface area contributed by atoms with Crippen molar-refractivity contribution in [2.24, 2.45) is 0 Å². The predicted octanol–water partition coefficient (Wildman–Crippen LogP) is 4.05. The molecule has 6 heteroatoms. The maximum atomic E-state index is 13.7. The van der Waals surface area contributed by atoms with Crippen molar-refractivity contribution in [1.82, 2.24) is 0 Å². The second kappa shape index (κ2) is 6.30. The van der Waals surface area contributed by atoms with Crippen molar-refractivity contribution >= 4 is 11.4 Å². The SMILES string of the molecule is CCc1ccccc1NCc1cc([N+](=O)[O-])c(F)cc1F. The van der Waals surface area contributed by atoms with E-state index in [1.165, 1.54) is 0 Å². The summed E-state index contributed by atoms with van der Waals surface area (Å²) >= 11 is 0. The molecule has 0 saturated carbocycles. The minimum absolute atomic E-state index is 0.0456. The normalized spacial score (nSPS) is 10.4. The molecule has 0 aliphatic rings. The molecule has 0 radical (unpaired) electrons. The molecule has 0 bridgehead atoms. The average Bonchev–Trinajstić information content (AvgIpc) is 2.46. The Bertz CT molecular complexity index is 675. The number of hydrogen-bond donors (Lipinski definition) is 1. The molecule has 2 aromatic rings. The number of anilines is 1. The van der Waals surface area contributed by atoms with Crippen LogP contribution in [-0.2, 0) is 13.0 Å². The highest BCUT2D eigenvalue weighted by Gasteiger charge is 2.18. The number of halogens is 2. The van der Waals surface area contributed by atoms with E-state index in [2.05, 4.69) is 5.32 Å². The molecule has 0 heterocycles. The van der Waals surface area contributed by atoms with E-state index in [1.54, 1.807) is 0 Å². The summed E-state index contributed by atoms with van der Waals surface area (Å²) in [5, 5.41) is 13.7. The van der Waals surface area contributed by atoms with Gasteiger partial charge < -0.3 is 5.32 Å². The van der Waals surface area contributed by atoms with Crippen LogP contribution in [0.15, 0.2) is 36.4 Å². The van der Waals surface area contributed by atoms with Crippen molar-refractivity contribution in [3.05, 3.63) is 69.3 Å². The molecule has 21 heavy (non-hydrogen) atoms.